The van der Waals surface area contributed by atoms with Gasteiger partial charge < -0.3 is 35.7 Å². The maximum atomic E-state index is 12.1. The number of methoxy groups -OCH3 is 2. The molecule has 0 saturated carbocycles. The van der Waals surface area contributed by atoms with Crippen molar-refractivity contribution in [3.8, 4) is 11.5 Å². The summed E-state index contributed by atoms with van der Waals surface area (Å²) in [7, 11) is 0.480. The molecule has 412 valence electrons. The molecular weight excluding hydrogens is 1060 g/mol. The average Bonchev–Trinajstić information content (AvgIpc) is 3.84. The first-order chi connectivity index (χ1) is 40.2. The number of benzene rings is 10. The molecule has 0 fully saturated rings. The summed E-state index contributed by atoms with van der Waals surface area (Å²) >= 11 is 0. The van der Waals surface area contributed by atoms with Crippen molar-refractivity contribution in [3.05, 3.63) is 205 Å². The average molecular weight is 1130 g/mol. The molecule has 0 radical (unpaired) electrons. The maximum absolute atomic E-state index is 12.1. The Bertz CT molecular complexity index is 4190. The molecule has 0 N–H and O–H groups in total. The lowest BCUT2D eigenvalue weighted by Crippen LogP contribution is -2.05. The number of carbonyl (C=O) groups is 2. The van der Waals surface area contributed by atoms with Gasteiger partial charge in [-0.15, -0.1) is 0 Å². The van der Waals surface area contributed by atoms with Gasteiger partial charge in [0.1, 0.15) is 33.8 Å². The van der Waals surface area contributed by atoms with E-state index in [9.17, 15) is 9.59 Å². The van der Waals surface area contributed by atoms with Crippen LogP contribution in [0.25, 0.3) is 99.1 Å². The molecule has 0 bridgehead atoms. The Balaban J connectivity index is 0.000000172. The summed E-state index contributed by atoms with van der Waals surface area (Å²) in [5, 5.41) is 12.7. The fourth-order valence-electron chi connectivity index (χ4n) is 10.1. The van der Waals surface area contributed by atoms with Crippen LogP contribution in [-0.4, -0.2) is 39.4 Å². The molecule has 2 heterocycles. The number of nitrogens with zero attached hydrogens (tertiary/aromatic N) is 1. The Hall–Kier alpha value is -9.14. The summed E-state index contributed by atoms with van der Waals surface area (Å²) in [5.74, 6) is 0.885. The van der Waals surface area contributed by atoms with Gasteiger partial charge in [0.05, 0.1) is 38.8 Å². The van der Waals surface area contributed by atoms with Gasteiger partial charge >= 0.3 is 20.1 Å². The largest absolute Gasteiger partial charge is 0.497 e. The molecule has 12 aromatic rings. The number of anilines is 2. The van der Waals surface area contributed by atoms with E-state index in [4.69, 9.17) is 35.7 Å². The van der Waals surface area contributed by atoms with Crippen LogP contribution >= 0.6 is 16.2 Å². The standard InChI is InChI=1S/C35H35O6P.C34H26NO4P/c1-4-6-20-38-32(36)18-10-24-8-14-28-26(22-24)12-16-30-34(28)35-29-15-9-25(11-19-33(37)39-21-7-5-2)23-27(29)13-17-31(35)41-42(3)40-30;1-36-27-17-13-25(14-18-27)35(26-15-19-28(37-2)20-16-26)40-38-31-21-11-23-7-3-5-9-29(23)33(31)34-30-10-6-4-8-24(30)12-22-32(34)39-40/h8-19,22-23H,4-7,20-21H2,1-3H3;3-22H,1-2H3/b18-10+,19-11+;. The number of esters is 2. The molecule has 2 aromatic heterocycles. The Labute approximate surface area is 476 Å². The third kappa shape index (κ3) is 11.8. The fraction of sp³-hybridized carbons (Fsp3) is 0.159. The summed E-state index contributed by atoms with van der Waals surface area (Å²) in [5.41, 5.74) is 6.75. The molecule has 0 atom stereocenters. The van der Waals surface area contributed by atoms with E-state index < -0.39 is 16.2 Å². The molecule has 13 heteroatoms. The quantitative estimate of drug-likeness (QED) is 0.0553. The van der Waals surface area contributed by atoms with E-state index in [0.29, 0.717) is 13.2 Å². The van der Waals surface area contributed by atoms with Gasteiger partial charge in [-0.1, -0.05) is 124 Å². The van der Waals surface area contributed by atoms with Gasteiger partial charge in [0, 0.05) is 40.4 Å². The number of ether oxygens (including phenoxy) is 4. The first kappa shape index (κ1) is 54.8. The van der Waals surface area contributed by atoms with Crippen molar-refractivity contribution in [3.63, 3.8) is 0 Å². The Kier molecular flexibility index (Phi) is 16.8. The van der Waals surface area contributed by atoms with Crippen LogP contribution in [-0.2, 0) is 25.7 Å². The molecule has 12 rings (SSSR count). The minimum atomic E-state index is -1.67. The Morgan fingerprint density at radius 3 is 1.23 bits per heavy atom. The van der Waals surface area contributed by atoms with Crippen molar-refractivity contribution in [2.24, 2.45) is 6.66 Å². The van der Waals surface area contributed by atoms with Gasteiger partial charge in [0.15, 0.2) is 0 Å². The van der Waals surface area contributed by atoms with E-state index in [0.717, 1.165) is 147 Å². The molecule has 0 aliphatic heterocycles. The molecule has 82 heavy (non-hydrogen) atoms. The SMILES string of the molecule is CCCCOC(=O)/C=C/c1ccc2c(ccc3op(C)oc4ccc5cc(/C=C/C(=O)OCCCC)ccc5c4c32)c1.COc1ccc(N(c2ccc(OC)cc2)p2oc3ccc4ccccc4c3c3c(ccc4ccccc43)o2)cc1. The number of rotatable bonds is 15. The summed E-state index contributed by atoms with van der Waals surface area (Å²) < 4.78 is 49.8. The van der Waals surface area contributed by atoms with Crippen LogP contribution in [0.15, 0.2) is 211 Å². The second-order valence-electron chi connectivity index (χ2n) is 19.6. The van der Waals surface area contributed by atoms with Gasteiger partial charge in [-0.3, -0.25) is 0 Å². The van der Waals surface area contributed by atoms with Crippen molar-refractivity contribution in [1.82, 2.24) is 0 Å². The molecule has 0 spiro atoms. The van der Waals surface area contributed by atoms with Gasteiger partial charge in [-0.2, -0.15) is 0 Å². The van der Waals surface area contributed by atoms with Crippen LogP contribution in [0.1, 0.15) is 50.7 Å². The minimum absolute atomic E-state index is 0.338. The van der Waals surface area contributed by atoms with Crippen molar-refractivity contribution in [2.75, 3.05) is 32.1 Å². The number of hydrogen-bond acceptors (Lipinski definition) is 11. The molecule has 0 aliphatic rings. The molecule has 10 aromatic carbocycles. The van der Waals surface area contributed by atoms with Crippen LogP contribution in [0.3, 0.4) is 0 Å². The van der Waals surface area contributed by atoms with Crippen LogP contribution < -0.4 is 14.1 Å². The van der Waals surface area contributed by atoms with Crippen LogP contribution in [0.2, 0.25) is 0 Å². The van der Waals surface area contributed by atoms with Crippen LogP contribution in [0.5, 0.6) is 11.5 Å². The molecular formula is C69H61NO10P2. The number of fused-ring (bicyclic) bond motifs is 14. The highest BCUT2D eigenvalue weighted by molar-refractivity contribution is 7.40. The highest BCUT2D eigenvalue weighted by Crippen LogP contribution is 2.48. The van der Waals surface area contributed by atoms with E-state index in [1.54, 1.807) is 26.4 Å². The smallest absolute Gasteiger partial charge is 0.346 e. The predicted molar refractivity (Wildman–Crippen MR) is 337 cm³/mol. The number of hydrogen-bond donors (Lipinski definition) is 0. The normalized spacial score (nSPS) is 11.5. The zero-order valence-electron chi connectivity index (χ0n) is 46.3. The third-order valence-electron chi connectivity index (χ3n) is 14.2. The van der Waals surface area contributed by atoms with Crippen molar-refractivity contribution in [2.45, 2.75) is 39.5 Å². The minimum Gasteiger partial charge on any atom is -0.497 e. The monoisotopic (exact) mass is 1130 g/mol. The van der Waals surface area contributed by atoms with Crippen LogP contribution in [0, 0.1) is 0 Å². The van der Waals surface area contributed by atoms with Crippen molar-refractivity contribution < 1.29 is 45.3 Å². The molecule has 0 unspecified atom stereocenters. The molecule has 0 aliphatic carbocycles. The van der Waals surface area contributed by atoms with E-state index >= 15 is 0 Å². The predicted octanol–water partition coefficient (Wildman–Crippen LogP) is 20.1. The lowest BCUT2D eigenvalue weighted by molar-refractivity contribution is -0.138. The number of carbonyl (C=O) groups excluding carboxylic acids is 2. The highest BCUT2D eigenvalue weighted by Gasteiger charge is 2.21. The summed E-state index contributed by atoms with van der Waals surface area (Å²) in [6.07, 6.45) is 10.2. The van der Waals surface area contributed by atoms with Crippen molar-refractivity contribution >= 4 is 139 Å². The Morgan fingerprint density at radius 1 is 0.451 bits per heavy atom. The molecule has 11 nitrogen and oxygen atoms in total. The van der Waals surface area contributed by atoms with E-state index in [2.05, 4.69) is 116 Å². The van der Waals surface area contributed by atoms with Gasteiger partial charge in [0.2, 0.25) is 8.01 Å². The highest BCUT2D eigenvalue weighted by atomic mass is 31.1. The fourth-order valence-corrected chi connectivity index (χ4v) is 12.5. The van der Waals surface area contributed by atoms with Gasteiger partial charge in [-0.05, 0) is 164 Å². The van der Waals surface area contributed by atoms with E-state index in [-0.39, 0.29) is 11.9 Å². The topological polar surface area (TPSA) is 127 Å². The second-order valence-corrected chi connectivity index (χ2v) is 22.1. The molecule has 0 saturated heterocycles. The van der Waals surface area contributed by atoms with Gasteiger partial charge in [-0.25, -0.2) is 14.3 Å². The summed E-state index contributed by atoms with van der Waals surface area (Å²) in [6.45, 7) is 6.93. The number of aryl methyl sites for hydroxylation is 1. The Morgan fingerprint density at radius 2 is 0.829 bits per heavy atom. The zero-order chi connectivity index (χ0) is 56.5. The van der Waals surface area contributed by atoms with E-state index in [1.807, 2.05) is 91.6 Å². The van der Waals surface area contributed by atoms with Gasteiger partial charge in [0.25, 0.3) is 0 Å². The van der Waals surface area contributed by atoms with Crippen LogP contribution in [0.4, 0.5) is 11.4 Å². The zero-order valence-corrected chi connectivity index (χ0v) is 48.1. The number of unbranched alkanes of at least 4 members (excludes halogenated alkanes) is 2. The lowest BCUT2D eigenvalue weighted by Gasteiger charge is -2.21. The first-order valence-electron chi connectivity index (χ1n) is 27.4. The third-order valence-corrected chi connectivity index (χ3v) is 16.6. The molecule has 0 amide bonds. The summed E-state index contributed by atoms with van der Waals surface area (Å²) in [6, 6.07) is 61.3. The second kappa shape index (κ2) is 25.1. The first-order valence-corrected chi connectivity index (χ1v) is 30.2. The summed E-state index contributed by atoms with van der Waals surface area (Å²) in [4.78, 5) is 24.1. The lowest BCUT2D eigenvalue weighted by atomic mass is 9.96. The van der Waals surface area contributed by atoms with E-state index in [1.165, 1.54) is 12.2 Å². The van der Waals surface area contributed by atoms with Crippen molar-refractivity contribution in [1.29, 1.82) is 0 Å². The maximum Gasteiger partial charge on any atom is 0.346 e.